The number of carbonyl (C=O) groups excluding carboxylic acids is 3. The standard InChI is InChI=1S/C30H46O8/c1-25(2)15-9-10-19-27(5)13-18(32)23(30(8,38)21(34)12-20(33)26(3,4)37)28(27,6)14-22(35)29(19,7)16(15)11-17(31)24(25)36/h9,16-20,23,31-33,37-38H,10-14H2,1-8H3/t16-,17+,18+,19+,20?,23+,27+,28-,29+,30?/m1/s1. The van der Waals surface area contributed by atoms with Gasteiger partial charge in [0, 0.05) is 29.6 Å². The van der Waals surface area contributed by atoms with Gasteiger partial charge >= 0.3 is 0 Å². The van der Waals surface area contributed by atoms with Gasteiger partial charge in [-0.15, -0.1) is 0 Å². The normalized spacial score (nSPS) is 44.9. The van der Waals surface area contributed by atoms with Gasteiger partial charge in [-0.2, -0.15) is 0 Å². The van der Waals surface area contributed by atoms with Gasteiger partial charge in [-0.1, -0.05) is 32.4 Å². The minimum atomic E-state index is -2.04. The number of rotatable bonds is 5. The van der Waals surface area contributed by atoms with Crippen LogP contribution in [-0.2, 0) is 14.4 Å². The van der Waals surface area contributed by atoms with Crippen molar-refractivity contribution in [2.24, 2.45) is 39.4 Å². The molecular formula is C30H46O8. The molecule has 0 bridgehead atoms. The molecule has 5 N–H and O–H groups in total. The van der Waals surface area contributed by atoms with Crippen molar-refractivity contribution in [1.29, 1.82) is 0 Å². The van der Waals surface area contributed by atoms with Gasteiger partial charge in [-0.05, 0) is 76.5 Å². The van der Waals surface area contributed by atoms with E-state index >= 15 is 0 Å². The molecule has 2 unspecified atom stereocenters. The van der Waals surface area contributed by atoms with Crippen molar-refractivity contribution in [3.8, 4) is 0 Å². The van der Waals surface area contributed by atoms with Crippen molar-refractivity contribution >= 4 is 17.3 Å². The second kappa shape index (κ2) is 8.53. The summed E-state index contributed by atoms with van der Waals surface area (Å²) in [4.78, 5) is 40.4. The monoisotopic (exact) mass is 534 g/mol. The van der Waals surface area contributed by atoms with Crippen molar-refractivity contribution in [3.63, 3.8) is 0 Å². The number of allylic oxidation sites excluding steroid dienone is 2. The molecule has 38 heavy (non-hydrogen) atoms. The number of hydrogen-bond donors (Lipinski definition) is 5. The average Bonchev–Trinajstić information content (AvgIpc) is 2.97. The summed E-state index contributed by atoms with van der Waals surface area (Å²) in [6.07, 6.45) is -1.07. The molecule has 8 heteroatoms. The van der Waals surface area contributed by atoms with Crippen LogP contribution in [0.2, 0.25) is 0 Å². The van der Waals surface area contributed by atoms with E-state index in [0.717, 1.165) is 5.57 Å². The molecule has 4 aliphatic carbocycles. The SMILES string of the molecule is CC1(C)C(=O)[C@@H](O)C[C@@H]2C1=CC[C@@H]1[C@@]2(C)C(=O)C[C@]2(C)[C@@H](C(C)(O)C(=O)CC(O)C(C)(C)O)[C@@H](O)C[C@@]12C. The van der Waals surface area contributed by atoms with Gasteiger partial charge < -0.3 is 25.5 Å². The highest BCUT2D eigenvalue weighted by molar-refractivity contribution is 5.95. The average molecular weight is 535 g/mol. The predicted molar refractivity (Wildman–Crippen MR) is 140 cm³/mol. The zero-order chi connectivity index (χ0) is 29.0. The molecule has 10 atom stereocenters. The largest absolute Gasteiger partial charge is 0.393 e. The van der Waals surface area contributed by atoms with E-state index in [9.17, 15) is 39.9 Å². The molecule has 0 amide bonds. The lowest BCUT2D eigenvalue weighted by atomic mass is 9.38. The van der Waals surface area contributed by atoms with Crippen LogP contribution in [0.25, 0.3) is 0 Å². The van der Waals surface area contributed by atoms with Crippen LogP contribution < -0.4 is 0 Å². The van der Waals surface area contributed by atoms with Crippen LogP contribution in [-0.4, -0.2) is 72.4 Å². The quantitative estimate of drug-likeness (QED) is 0.336. The topological polar surface area (TPSA) is 152 Å². The molecule has 0 radical (unpaired) electrons. The lowest BCUT2D eigenvalue weighted by Gasteiger charge is -2.64. The van der Waals surface area contributed by atoms with Crippen LogP contribution in [0, 0.1) is 39.4 Å². The van der Waals surface area contributed by atoms with Crippen molar-refractivity contribution in [2.75, 3.05) is 0 Å². The molecule has 3 saturated carbocycles. The Labute approximate surface area is 225 Å². The van der Waals surface area contributed by atoms with E-state index in [1.807, 2.05) is 26.8 Å². The minimum absolute atomic E-state index is 0.0317. The summed E-state index contributed by atoms with van der Waals surface area (Å²) in [5.74, 6) is -2.49. The fourth-order valence-corrected chi connectivity index (χ4v) is 9.20. The first-order valence-corrected chi connectivity index (χ1v) is 13.9. The lowest BCUT2D eigenvalue weighted by Crippen LogP contribution is -2.65. The van der Waals surface area contributed by atoms with E-state index in [0.29, 0.717) is 6.42 Å². The molecule has 3 fully saturated rings. The zero-order valence-electron chi connectivity index (χ0n) is 24.0. The number of fused-ring (bicyclic) bond motifs is 5. The van der Waals surface area contributed by atoms with Crippen LogP contribution in [0.1, 0.15) is 87.5 Å². The fourth-order valence-electron chi connectivity index (χ4n) is 9.20. The van der Waals surface area contributed by atoms with E-state index in [1.54, 1.807) is 13.8 Å². The third kappa shape index (κ3) is 3.70. The van der Waals surface area contributed by atoms with Gasteiger partial charge in [0.25, 0.3) is 0 Å². The summed E-state index contributed by atoms with van der Waals surface area (Å²) in [6.45, 7) is 13.6. The third-order valence-corrected chi connectivity index (χ3v) is 11.8. The molecule has 8 nitrogen and oxygen atoms in total. The number of ketones is 3. The maximum absolute atomic E-state index is 14.2. The number of carbonyl (C=O) groups is 3. The highest BCUT2D eigenvalue weighted by Gasteiger charge is 2.74. The Morgan fingerprint density at radius 3 is 2.18 bits per heavy atom. The molecule has 4 rings (SSSR count). The number of Topliss-reactive ketones (excluding diaryl/α,β-unsaturated/α-hetero) is 3. The molecule has 0 aromatic carbocycles. The van der Waals surface area contributed by atoms with Crippen LogP contribution in [0.5, 0.6) is 0 Å². The highest BCUT2D eigenvalue weighted by Crippen LogP contribution is 2.74. The van der Waals surface area contributed by atoms with Gasteiger partial charge in [-0.3, -0.25) is 14.4 Å². The lowest BCUT2D eigenvalue weighted by molar-refractivity contribution is -0.186. The molecule has 4 aliphatic rings. The Morgan fingerprint density at radius 1 is 1.05 bits per heavy atom. The van der Waals surface area contributed by atoms with Crippen molar-refractivity contribution < 1.29 is 39.9 Å². The molecule has 214 valence electrons. The van der Waals surface area contributed by atoms with Crippen molar-refractivity contribution in [3.05, 3.63) is 11.6 Å². The molecule has 0 aliphatic heterocycles. The molecule has 0 spiro atoms. The molecule has 0 aromatic rings. The highest BCUT2D eigenvalue weighted by atomic mass is 16.3. The van der Waals surface area contributed by atoms with Crippen molar-refractivity contribution in [1.82, 2.24) is 0 Å². The fraction of sp³-hybridized carbons (Fsp3) is 0.833. The first-order chi connectivity index (χ1) is 17.1. The van der Waals surface area contributed by atoms with Gasteiger partial charge in [0.2, 0.25) is 0 Å². The Morgan fingerprint density at radius 2 is 1.63 bits per heavy atom. The number of aliphatic hydroxyl groups excluding tert-OH is 3. The first-order valence-electron chi connectivity index (χ1n) is 13.9. The van der Waals surface area contributed by atoms with E-state index in [2.05, 4.69) is 0 Å². The van der Waals surface area contributed by atoms with E-state index in [-0.39, 0.29) is 42.7 Å². The number of hydrogen-bond acceptors (Lipinski definition) is 8. The molecule has 0 heterocycles. The Balaban J connectivity index is 1.77. The van der Waals surface area contributed by atoms with E-state index < -0.39 is 69.3 Å². The van der Waals surface area contributed by atoms with Crippen LogP contribution in [0.3, 0.4) is 0 Å². The summed E-state index contributed by atoms with van der Waals surface area (Å²) in [5, 5.41) is 54.3. The second-order valence-corrected chi connectivity index (χ2v) is 14.7. The molecular weight excluding hydrogens is 488 g/mol. The second-order valence-electron chi connectivity index (χ2n) is 14.7. The van der Waals surface area contributed by atoms with E-state index in [1.165, 1.54) is 20.8 Å². The molecule has 0 aromatic heterocycles. The zero-order valence-corrected chi connectivity index (χ0v) is 24.0. The van der Waals surface area contributed by atoms with Gasteiger partial charge in [-0.25, -0.2) is 0 Å². The summed E-state index contributed by atoms with van der Waals surface area (Å²) in [7, 11) is 0. The Bertz CT molecular complexity index is 1080. The van der Waals surface area contributed by atoms with Crippen LogP contribution in [0.15, 0.2) is 11.6 Å². The summed E-state index contributed by atoms with van der Waals surface area (Å²) in [5.41, 5.74) is -6.03. The summed E-state index contributed by atoms with van der Waals surface area (Å²) < 4.78 is 0. The smallest absolute Gasteiger partial charge is 0.170 e. The Kier molecular flexibility index (Phi) is 6.63. The minimum Gasteiger partial charge on any atom is -0.393 e. The maximum atomic E-state index is 14.2. The first kappa shape index (κ1) is 29.5. The summed E-state index contributed by atoms with van der Waals surface area (Å²) in [6, 6.07) is 0. The Hall–Kier alpha value is -1.45. The van der Waals surface area contributed by atoms with Gasteiger partial charge in [0.15, 0.2) is 11.6 Å². The maximum Gasteiger partial charge on any atom is 0.170 e. The molecule has 0 saturated heterocycles. The van der Waals surface area contributed by atoms with Gasteiger partial charge in [0.05, 0.1) is 17.8 Å². The summed E-state index contributed by atoms with van der Waals surface area (Å²) >= 11 is 0. The number of aliphatic hydroxyl groups is 5. The van der Waals surface area contributed by atoms with Crippen LogP contribution in [0.4, 0.5) is 0 Å². The van der Waals surface area contributed by atoms with Crippen LogP contribution >= 0.6 is 0 Å². The van der Waals surface area contributed by atoms with Crippen molar-refractivity contribution in [2.45, 2.75) is 117 Å². The van der Waals surface area contributed by atoms with E-state index in [4.69, 9.17) is 0 Å². The van der Waals surface area contributed by atoms with Gasteiger partial charge in [0.1, 0.15) is 17.5 Å². The third-order valence-electron chi connectivity index (χ3n) is 11.8. The predicted octanol–water partition coefficient (Wildman–Crippen LogP) is 2.12.